The van der Waals surface area contributed by atoms with E-state index in [0.717, 1.165) is 23.2 Å². The molecule has 72 valence electrons. The van der Waals surface area contributed by atoms with Crippen LogP contribution in [0.2, 0.25) is 0 Å². The van der Waals surface area contributed by atoms with Gasteiger partial charge in [-0.15, -0.1) is 0 Å². The molecule has 0 aromatic carbocycles. The highest BCUT2D eigenvalue weighted by Crippen LogP contribution is 2.06. The topological polar surface area (TPSA) is 45.8 Å². The number of nitrogens with one attached hydrogen (secondary N) is 1. The number of pyridine rings is 2. The second-order valence-corrected chi connectivity index (χ2v) is 3.35. The second-order valence-electron chi connectivity index (χ2n) is 3.35. The van der Waals surface area contributed by atoms with Crippen LogP contribution >= 0.6 is 0 Å². The molecule has 2 aromatic heterocycles. The third kappa shape index (κ3) is 1.31. The summed E-state index contributed by atoms with van der Waals surface area (Å²) in [6, 6.07) is 3.78. The van der Waals surface area contributed by atoms with Crippen molar-refractivity contribution in [1.29, 1.82) is 0 Å². The summed E-state index contributed by atoms with van der Waals surface area (Å²) in [5, 5.41) is 0. The SMILES string of the molecule is CCc1c[nH]c2ccc(C)nc2c1=O. The van der Waals surface area contributed by atoms with Crippen molar-refractivity contribution in [3.63, 3.8) is 0 Å². The predicted octanol–water partition coefficient (Wildman–Crippen LogP) is 1.79. The van der Waals surface area contributed by atoms with Crippen molar-refractivity contribution in [2.75, 3.05) is 0 Å². The first kappa shape index (κ1) is 8.94. The molecular formula is C11H12N2O. The number of fused-ring (bicyclic) bond motifs is 1. The van der Waals surface area contributed by atoms with Crippen LogP contribution in [0.3, 0.4) is 0 Å². The third-order valence-corrected chi connectivity index (χ3v) is 2.32. The minimum atomic E-state index is 0.0463. The molecule has 14 heavy (non-hydrogen) atoms. The lowest BCUT2D eigenvalue weighted by Gasteiger charge is -2.00. The fourth-order valence-corrected chi connectivity index (χ4v) is 1.49. The molecular weight excluding hydrogens is 176 g/mol. The summed E-state index contributed by atoms with van der Waals surface area (Å²) >= 11 is 0. The molecule has 0 atom stereocenters. The Bertz CT molecular complexity index is 528. The molecule has 0 aliphatic carbocycles. The average molecular weight is 188 g/mol. The van der Waals surface area contributed by atoms with Crippen molar-refractivity contribution in [2.45, 2.75) is 20.3 Å². The standard InChI is InChI=1S/C11H12N2O/c1-3-8-6-12-9-5-4-7(2)13-10(9)11(8)14/h4-6H,3H2,1-2H3,(H,12,14). The minimum absolute atomic E-state index is 0.0463. The lowest BCUT2D eigenvalue weighted by Crippen LogP contribution is -2.10. The molecule has 3 nitrogen and oxygen atoms in total. The van der Waals surface area contributed by atoms with Gasteiger partial charge in [-0.2, -0.15) is 0 Å². The van der Waals surface area contributed by atoms with Gasteiger partial charge in [0, 0.05) is 17.5 Å². The summed E-state index contributed by atoms with van der Waals surface area (Å²) in [4.78, 5) is 19.1. The van der Waals surface area contributed by atoms with E-state index in [-0.39, 0.29) is 5.43 Å². The number of nitrogens with zero attached hydrogens (tertiary/aromatic N) is 1. The minimum Gasteiger partial charge on any atom is -0.359 e. The first-order valence-corrected chi connectivity index (χ1v) is 4.70. The Labute approximate surface area is 81.8 Å². The average Bonchev–Trinajstić information content (AvgIpc) is 2.20. The Morgan fingerprint density at radius 3 is 2.93 bits per heavy atom. The summed E-state index contributed by atoms with van der Waals surface area (Å²) in [5.74, 6) is 0. The van der Waals surface area contributed by atoms with Crippen LogP contribution in [0.4, 0.5) is 0 Å². The summed E-state index contributed by atoms with van der Waals surface area (Å²) in [5.41, 5.74) is 3.05. The number of rotatable bonds is 1. The Morgan fingerprint density at radius 2 is 2.21 bits per heavy atom. The van der Waals surface area contributed by atoms with Gasteiger partial charge in [-0.1, -0.05) is 6.92 Å². The molecule has 2 heterocycles. The first-order chi connectivity index (χ1) is 6.72. The maximum atomic E-state index is 11.8. The zero-order chi connectivity index (χ0) is 10.1. The van der Waals surface area contributed by atoms with E-state index in [1.54, 1.807) is 6.20 Å². The van der Waals surface area contributed by atoms with E-state index in [4.69, 9.17) is 0 Å². The molecule has 0 spiro atoms. The highest BCUT2D eigenvalue weighted by Gasteiger charge is 2.04. The summed E-state index contributed by atoms with van der Waals surface area (Å²) in [7, 11) is 0. The van der Waals surface area contributed by atoms with Gasteiger partial charge >= 0.3 is 0 Å². The summed E-state index contributed by atoms with van der Waals surface area (Å²) in [6.07, 6.45) is 2.50. The highest BCUT2D eigenvalue weighted by atomic mass is 16.1. The van der Waals surface area contributed by atoms with Crippen LogP contribution in [-0.2, 0) is 6.42 Å². The van der Waals surface area contributed by atoms with E-state index in [1.807, 2.05) is 26.0 Å². The zero-order valence-corrected chi connectivity index (χ0v) is 8.29. The van der Waals surface area contributed by atoms with Gasteiger partial charge in [0.2, 0.25) is 5.43 Å². The normalized spacial score (nSPS) is 10.7. The van der Waals surface area contributed by atoms with Crippen molar-refractivity contribution >= 4 is 11.0 Å². The van der Waals surface area contributed by atoms with Gasteiger partial charge in [0.15, 0.2) is 0 Å². The van der Waals surface area contributed by atoms with E-state index in [0.29, 0.717) is 5.52 Å². The fraction of sp³-hybridized carbons (Fsp3) is 0.273. The molecule has 2 rings (SSSR count). The predicted molar refractivity (Wildman–Crippen MR) is 56.5 cm³/mol. The molecule has 0 radical (unpaired) electrons. The second kappa shape index (κ2) is 3.25. The van der Waals surface area contributed by atoms with Gasteiger partial charge in [-0.05, 0) is 25.5 Å². The molecule has 0 bridgehead atoms. The molecule has 3 heteroatoms. The van der Waals surface area contributed by atoms with Crippen LogP contribution in [0.15, 0.2) is 23.1 Å². The Kier molecular flexibility index (Phi) is 2.08. The highest BCUT2D eigenvalue weighted by molar-refractivity contribution is 5.74. The third-order valence-electron chi connectivity index (χ3n) is 2.32. The largest absolute Gasteiger partial charge is 0.359 e. The van der Waals surface area contributed by atoms with Crippen LogP contribution in [0.1, 0.15) is 18.2 Å². The molecule has 0 saturated heterocycles. The van der Waals surface area contributed by atoms with Crippen molar-refractivity contribution in [3.05, 3.63) is 39.8 Å². The van der Waals surface area contributed by atoms with E-state index in [9.17, 15) is 4.79 Å². The van der Waals surface area contributed by atoms with Gasteiger partial charge in [-0.25, -0.2) is 4.98 Å². The van der Waals surface area contributed by atoms with Gasteiger partial charge in [0.05, 0.1) is 5.52 Å². The number of aromatic amines is 1. The molecule has 0 aliphatic rings. The molecule has 0 amide bonds. The molecule has 0 fully saturated rings. The number of aryl methyl sites for hydroxylation is 2. The molecule has 1 N–H and O–H groups in total. The monoisotopic (exact) mass is 188 g/mol. The van der Waals surface area contributed by atoms with E-state index >= 15 is 0 Å². The van der Waals surface area contributed by atoms with Crippen molar-refractivity contribution in [1.82, 2.24) is 9.97 Å². The number of hydrogen-bond acceptors (Lipinski definition) is 2. The van der Waals surface area contributed by atoms with Crippen LogP contribution < -0.4 is 5.43 Å². The number of hydrogen-bond donors (Lipinski definition) is 1. The quantitative estimate of drug-likeness (QED) is 0.741. The molecule has 0 unspecified atom stereocenters. The smallest absolute Gasteiger partial charge is 0.210 e. The van der Waals surface area contributed by atoms with Crippen molar-refractivity contribution in [2.24, 2.45) is 0 Å². The molecule has 2 aromatic rings. The van der Waals surface area contributed by atoms with Gasteiger partial charge in [0.1, 0.15) is 5.52 Å². The van der Waals surface area contributed by atoms with Crippen LogP contribution in [0.5, 0.6) is 0 Å². The van der Waals surface area contributed by atoms with E-state index in [1.165, 1.54) is 0 Å². The van der Waals surface area contributed by atoms with Gasteiger partial charge in [0.25, 0.3) is 0 Å². The Balaban J connectivity index is 2.87. The van der Waals surface area contributed by atoms with Crippen LogP contribution in [-0.4, -0.2) is 9.97 Å². The summed E-state index contributed by atoms with van der Waals surface area (Å²) < 4.78 is 0. The van der Waals surface area contributed by atoms with E-state index < -0.39 is 0 Å². The van der Waals surface area contributed by atoms with Crippen LogP contribution in [0, 0.1) is 6.92 Å². The Morgan fingerprint density at radius 1 is 1.43 bits per heavy atom. The zero-order valence-electron chi connectivity index (χ0n) is 8.29. The first-order valence-electron chi connectivity index (χ1n) is 4.70. The van der Waals surface area contributed by atoms with Crippen molar-refractivity contribution in [3.8, 4) is 0 Å². The van der Waals surface area contributed by atoms with Gasteiger partial charge in [-0.3, -0.25) is 4.79 Å². The lowest BCUT2D eigenvalue weighted by atomic mass is 10.2. The van der Waals surface area contributed by atoms with Gasteiger partial charge < -0.3 is 4.98 Å². The number of H-pyrrole nitrogens is 1. The maximum Gasteiger partial charge on any atom is 0.210 e. The summed E-state index contributed by atoms with van der Waals surface area (Å²) in [6.45, 7) is 3.85. The molecule has 0 saturated carbocycles. The molecule has 0 aliphatic heterocycles. The van der Waals surface area contributed by atoms with Crippen LogP contribution in [0.25, 0.3) is 11.0 Å². The van der Waals surface area contributed by atoms with E-state index in [2.05, 4.69) is 9.97 Å². The Hall–Kier alpha value is -1.64. The van der Waals surface area contributed by atoms with Crippen molar-refractivity contribution < 1.29 is 0 Å². The maximum absolute atomic E-state index is 11.8. The lowest BCUT2D eigenvalue weighted by molar-refractivity contribution is 1.09. The fourth-order valence-electron chi connectivity index (χ4n) is 1.49. The number of aromatic nitrogens is 2.